The fourth-order valence-electron chi connectivity index (χ4n) is 4.18. The van der Waals surface area contributed by atoms with Gasteiger partial charge in [-0.25, -0.2) is 4.98 Å². The van der Waals surface area contributed by atoms with Crippen molar-refractivity contribution in [2.45, 2.75) is 44.7 Å². The molecule has 1 saturated carbocycles. The van der Waals surface area contributed by atoms with Crippen molar-refractivity contribution in [2.75, 3.05) is 24.3 Å². The average molecular weight is 432 g/mol. The predicted octanol–water partition coefficient (Wildman–Crippen LogP) is 4.05. The van der Waals surface area contributed by atoms with Gasteiger partial charge in [0.15, 0.2) is 5.78 Å². The molecule has 4 rings (SSSR count). The van der Waals surface area contributed by atoms with Gasteiger partial charge in [0.1, 0.15) is 5.82 Å². The van der Waals surface area contributed by atoms with Crippen molar-refractivity contribution < 1.29 is 9.59 Å². The van der Waals surface area contributed by atoms with E-state index in [9.17, 15) is 9.59 Å². The standard InChI is InChI=1S/C25H29N5O2/c1-16(31)17-7-6-8-18(15-17)24(32)26-19-11-13-20(14-12-19)27-25-28-22-10-5-4-9-21(22)23(29-25)30(2)3/h4-10,15,19-20H,11-14H2,1-3H3,(H,26,32)(H,27,28,29)/t19-,20+. The van der Waals surface area contributed by atoms with Crippen molar-refractivity contribution in [1.29, 1.82) is 0 Å². The van der Waals surface area contributed by atoms with E-state index in [4.69, 9.17) is 9.97 Å². The quantitative estimate of drug-likeness (QED) is 0.573. The maximum Gasteiger partial charge on any atom is 0.251 e. The number of aromatic nitrogens is 2. The molecule has 0 bridgehead atoms. The Hall–Kier alpha value is -3.48. The van der Waals surface area contributed by atoms with Gasteiger partial charge in [-0.05, 0) is 56.9 Å². The molecule has 1 amide bonds. The van der Waals surface area contributed by atoms with Gasteiger partial charge < -0.3 is 15.5 Å². The van der Waals surface area contributed by atoms with Gasteiger partial charge in [-0.1, -0.05) is 24.3 Å². The lowest BCUT2D eigenvalue weighted by atomic mass is 9.91. The maximum atomic E-state index is 12.6. The molecule has 0 radical (unpaired) electrons. The molecule has 2 N–H and O–H groups in total. The molecule has 166 valence electrons. The first-order valence-electron chi connectivity index (χ1n) is 11.0. The Morgan fingerprint density at radius 1 is 0.906 bits per heavy atom. The lowest BCUT2D eigenvalue weighted by Gasteiger charge is -2.30. The van der Waals surface area contributed by atoms with Crippen molar-refractivity contribution >= 4 is 34.4 Å². The van der Waals surface area contributed by atoms with Gasteiger partial charge in [-0.2, -0.15) is 4.98 Å². The molecule has 32 heavy (non-hydrogen) atoms. The number of para-hydroxylation sites is 1. The maximum absolute atomic E-state index is 12.6. The number of Topliss-reactive ketones (excluding diaryl/α,β-unsaturated/α-hetero) is 1. The van der Waals surface area contributed by atoms with Gasteiger partial charge in [-0.15, -0.1) is 0 Å². The van der Waals surface area contributed by atoms with Crippen LogP contribution in [0.1, 0.15) is 53.3 Å². The second-order valence-electron chi connectivity index (χ2n) is 8.59. The number of amides is 1. The summed E-state index contributed by atoms with van der Waals surface area (Å²) in [6.07, 6.45) is 3.60. The first kappa shape index (κ1) is 21.7. The number of benzene rings is 2. The van der Waals surface area contributed by atoms with Crippen molar-refractivity contribution in [3.63, 3.8) is 0 Å². The van der Waals surface area contributed by atoms with Crippen LogP contribution in [0.25, 0.3) is 10.9 Å². The Kier molecular flexibility index (Phi) is 6.35. The van der Waals surface area contributed by atoms with E-state index in [2.05, 4.69) is 10.6 Å². The van der Waals surface area contributed by atoms with Crippen LogP contribution in [0.4, 0.5) is 11.8 Å². The van der Waals surface area contributed by atoms with E-state index in [-0.39, 0.29) is 23.8 Å². The Morgan fingerprint density at radius 2 is 1.59 bits per heavy atom. The number of nitrogens with zero attached hydrogens (tertiary/aromatic N) is 3. The van der Waals surface area contributed by atoms with Gasteiger partial charge in [0, 0.05) is 42.7 Å². The summed E-state index contributed by atoms with van der Waals surface area (Å²) in [5.74, 6) is 1.37. The second kappa shape index (κ2) is 9.34. The van der Waals surface area contributed by atoms with E-state index in [1.807, 2.05) is 43.3 Å². The highest BCUT2D eigenvalue weighted by molar-refractivity contribution is 5.99. The fraction of sp³-hybridized carbons (Fsp3) is 0.360. The van der Waals surface area contributed by atoms with Crippen LogP contribution in [0.5, 0.6) is 0 Å². The highest BCUT2D eigenvalue weighted by atomic mass is 16.1. The molecule has 3 aromatic rings. The first-order chi connectivity index (χ1) is 15.4. The molecule has 0 unspecified atom stereocenters. The lowest BCUT2D eigenvalue weighted by molar-refractivity contribution is 0.0926. The number of fused-ring (bicyclic) bond motifs is 1. The molecule has 0 aliphatic heterocycles. The van der Waals surface area contributed by atoms with E-state index < -0.39 is 0 Å². The molecule has 0 atom stereocenters. The zero-order valence-electron chi connectivity index (χ0n) is 18.8. The summed E-state index contributed by atoms with van der Waals surface area (Å²) >= 11 is 0. The largest absolute Gasteiger partial charge is 0.362 e. The Bertz CT molecular complexity index is 1140. The molecule has 0 spiro atoms. The number of carbonyl (C=O) groups is 2. The number of anilines is 2. The van der Waals surface area contributed by atoms with Crippen LogP contribution >= 0.6 is 0 Å². The number of carbonyl (C=O) groups excluding carboxylic acids is 2. The molecule has 1 heterocycles. The van der Waals surface area contributed by atoms with Gasteiger partial charge in [0.2, 0.25) is 5.95 Å². The summed E-state index contributed by atoms with van der Waals surface area (Å²) in [5.41, 5.74) is 2.00. The molecular weight excluding hydrogens is 402 g/mol. The van der Waals surface area contributed by atoms with Crippen molar-refractivity contribution in [2.24, 2.45) is 0 Å². The summed E-state index contributed by atoms with van der Waals surface area (Å²) in [5, 5.41) is 7.64. The first-order valence-corrected chi connectivity index (χ1v) is 11.0. The third-order valence-electron chi connectivity index (χ3n) is 5.93. The van der Waals surface area contributed by atoms with Crippen molar-refractivity contribution in [3.8, 4) is 0 Å². The minimum absolute atomic E-state index is 0.0421. The Labute approximate surface area is 188 Å². The van der Waals surface area contributed by atoms with Crippen LogP contribution in [0, 0.1) is 0 Å². The second-order valence-corrected chi connectivity index (χ2v) is 8.59. The third kappa shape index (κ3) is 4.88. The smallest absolute Gasteiger partial charge is 0.251 e. The molecule has 1 aliphatic rings. The van der Waals surface area contributed by atoms with E-state index in [1.54, 1.807) is 24.3 Å². The fourth-order valence-corrected chi connectivity index (χ4v) is 4.18. The average Bonchev–Trinajstić information content (AvgIpc) is 2.79. The zero-order valence-corrected chi connectivity index (χ0v) is 18.8. The highest BCUT2D eigenvalue weighted by Crippen LogP contribution is 2.26. The Morgan fingerprint density at radius 3 is 2.31 bits per heavy atom. The normalized spacial score (nSPS) is 18.2. The van der Waals surface area contributed by atoms with Crippen LogP contribution < -0.4 is 15.5 Å². The van der Waals surface area contributed by atoms with Crippen LogP contribution in [0.2, 0.25) is 0 Å². The molecule has 1 fully saturated rings. The number of rotatable bonds is 6. The molecule has 2 aromatic carbocycles. The van der Waals surface area contributed by atoms with Gasteiger partial charge >= 0.3 is 0 Å². The number of nitrogens with one attached hydrogen (secondary N) is 2. The molecular formula is C25H29N5O2. The van der Waals surface area contributed by atoms with Crippen LogP contribution in [0.15, 0.2) is 48.5 Å². The highest BCUT2D eigenvalue weighted by Gasteiger charge is 2.24. The minimum Gasteiger partial charge on any atom is -0.362 e. The summed E-state index contributed by atoms with van der Waals surface area (Å²) in [4.78, 5) is 35.6. The SMILES string of the molecule is CC(=O)c1cccc(C(=O)N[C@H]2CC[C@@H](Nc3nc(N(C)C)c4ccccc4n3)CC2)c1. The van der Waals surface area contributed by atoms with Crippen LogP contribution in [-0.2, 0) is 0 Å². The van der Waals surface area contributed by atoms with E-state index in [0.29, 0.717) is 17.1 Å². The van der Waals surface area contributed by atoms with Gasteiger partial charge in [-0.3, -0.25) is 9.59 Å². The number of ketones is 1. The van der Waals surface area contributed by atoms with Crippen molar-refractivity contribution in [3.05, 3.63) is 59.7 Å². The molecule has 7 heteroatoms. The zero-order chi connectivity index (χ0) is 22.7. The Balaban J connectivity index is 1.37. The monoisotopic (exact) mass is 431 g/mol. The summed E-state index contributed by atoms with van der Waals surface area (Å²) in [6, 6.07) is 15.3. The molecule has 7 nitrogen and oxygen atoms in total. The van der Waals surface area contributed by atoms with Crippen LogP contribution in [0.3, 0.4) is 0 Å². The summed E-state index contributed by atoms with van der Waals surface area (Å²) in [7, 11) is 3.97. The van der Waals surface area contributed by atoms with Crippen LogP contribution in [-0.4, -0.2) is 47.8 Å². The molecule has 1 aromatic heterocycles. The van der Waals surface area contributed by atoms with Gasteiger partial charge in [0.05, 0.1) is 5.52 Å². The van der Waals surface area contributed by atoms with Crippen molar-refractivity contribution in [1.82, 2.24) is 15.3 Å². The topological polar surface area (TPSA) is 87.2 Å². The van der Waals surface area contributed by atoms with Gasteiger partial charge in [0.25, 0.3) is 5.91 Å². The predicted molar refractivity (Wildman–Crippen MR) is 127 cm³/mol. The summed E-state index contributed by atoms with van der Waals surface area (Å²) < 4.78 is 0. The molecule has 1 aliphatic carbocycles. The van der Waals surface area contributed by atoms with E-state index >= 15 is 0 Å². The number of hydrogen-bond acceptors (Lipinski definition) is 6. The lowest BCUT2D eigenvalue weighted by Crippen LogP contribution is -2.40. The molecule has 0 saturated heterocycles. The summed E-state index contributed by atoms with van der Waals surface area (Å²) in [6.45, 7) is 1.51. The third-order valence-corrected chi connectivity index (χ3v) is 5.93. The van der Waals surface area contributed by atoms with E-state index in [0.717, 1.165) is 42.4 Å². The van der Waals surface area contributed by atoms with E-state index in [1.165, 1.54) is 6.92 Å². The number of hydrogen-bond donors (Lipinski definition) is 2. The minimum atomic E-state index is -0.127.